The van der Waals surface area contributed by atoms with Crippen LogP contribution in [0, 0.1) is 0 Å². The molecule has 0 aliphatic carbocycles. The number of nitrogens with zero attached hydrogens (tertiary/aromatic N) is 2. The van der Waals surface area contributed by atoms with Gasteiger partial charge >= 0.3 is 12.1 Å². The molecule has 39 heavy (non-hydrogen) atoms. The zero-order valence-corrected chi connectivity index (χ0v) is 24.2. The summed E-state index contributed by atoms with van der Waals surface area (Å²) in [6.07, 6.45) is 2.54. The number of fused-ring (bicyclic) bond motifs is 3. The van der Waals surface area contributed by atoms with Crippen LogP contribution in [0.1, 0.15) is 71.2 Å². The smallest absolute Gasteiger partial charge is 0.419 e. The van der Waals surface area contributed by atoms with Crippen molar-refractivity contribution in [2.24, 2.45) is 0 Å². The Bertz CT molecular complexity index is 1300. The first-order chi connectivity index (χ1) is 18.4. The van der Waals surface area contributed by atoms with E-state index in [2.05, 4.69) is 35.2 Å². The van der Waals surface area contributed by atoms with Crippen LogP contribution < -0.4 is 4.74 Å². The van der Waals surface area contributed by atoms with Crippen LogP contribution in [0.15, 0.2) is 48.5 Å². The van der Waals surface area contributed by atoms with E-state index < -0.39 is 17.3 Å². The number of ether oxygens (including phenoxy) is 3. The fourth-order valence-corrected chi connectivity index (χ4v) is 4.94. The SMILES string of the molecule is CC(C)(C)OC(=O)CCN1CCc2c(n(C(=O)OC(C)(C)C)c3cc(OCCCc4ccccc4)ccc23)C1. The summed E-state index contributed by atoms with van der Waals surface area (Å²) in [7, 11) is 0. The molecule has 4 rings (SSSR count). The molecular formula is C32H42N2O5. The van der Waals surface area contributed by atoms with Crippen LogP contribution in [-0.2, 0) is 33.7 Å². The molecule has 1 aliphatic rings. The van der Waals surface area contributed by atoms with Crippen LogP contribution in [0.4, 0.5) is 4.79 Å². The Kier molecular flexibility index (Phi) is 8.70. The maximum atomic E-state index is 13.5. The summed E-state index contributed by atoms with van der Waals surface area (Å²) >= 11 is 0. The molecule has 0 atom stereocenters. The lowest BCUT2D eigenvalue weighted by molar-refractivity contribution is -0.155. The standard InChI is InChI=1S/C32H42N2O5/c1-31(2,3)38-29(35)17-19-33-18-16-26-25-15-14-24(37-20-10-13-23-11-8-7-9-12-23)21-27(25)34(28(26)22-33)30(36)39-32(4,5)6/h7-9,11-12,14-15,21H,10,13,16-20,22H2,1-6H3. The van der Waals surface area contributed by atoms with Crippen LogP contribution in [-0.4, -0.2) is 52.4 Å². The minimum Gasteiger partial charge on any atom is -0.494 e. The molecule has 0 unspecified atom stereocenters. The average Bonchev–Trinajstić information content (AvgIpc) is 3.17. The van der Waals surface area contributed by atoms with Crippen molar-refractivity contribution in [3.63, 3.8) is 0 Å². The number of carbonyl (C=O) groups excluding carboxylic acids is 2. The highest BCUT2D eigenvalue weighted by molar-refractivity contribution is 5.94. The Morgan fingerprint density at radius 3 is 2.33 bits per heavy atom. The number of hydrogen-bond donors (Lipinski definition) is 0. The van der Waals surface area contributed by atoms with Crippen molar-refractivity contribution >= 4 is 23.0 Å². The minimum absolute atomic E-state index is 0.213. The summed E-state index contributed by atoms with van der Waals surface area (Å²) in [6, 6.07) is 16.4. The Hall–Kier alpha value is -3.32. The summed E-state index contributed by atoms with van der Waals surface area (Å²) in [5.74, 6) is 0.520. The van der Waals surface area contributed by atoms with Gasteiger partial charge < -0.3 is 14.2 Å². The topological polar surface area (TPSA) is 70.0 Å². The molecule has 0 radical (unpaired) electrons. The second kappa shape index (κ2) is 11.8. The minimum atomic E-state index is -0.628. The van der Waals surface area contributed by atoms with Crippen molar-refractivity contribution in [1.82, 2.24) is 9.47 Å². The van der Waals surface area contributed by atoms with Crippen molar-refractivity contribution in [3.8, 4) is 5.75 Å². The van der Waals surface area contributed by atoms with E-state index in [0.717, 1.165) is 53.7 Å². The highest BCUT2D eigenvalue weighted by Gasteiger charge is 2.30. The van der Waals surface area contributed by atoms with Gasteiger partial charge in [0.2, 0.25) is 0 Å². The zero-order valence-electron chi connectivity index (χ0n) is 24.2. The van der Waals surface area contributed by atoms with E-state index >= 15 is 0 Å². The third kappa shape index (κ3) is 7.85. The van der Waals surface area contributed by atoms with Gasteiger partial charge in [0.15, 0.2) is 0 Å². The van der Waals surface area contributed by atoms with Crippen LogP contribution in [0.5, 0.6) is 5.75 Å². The molecule has 210 valence electrons. The molecule has 0 N–H and O–H groups in total. The van der Waals surface area contributed by atoms with E-state index in [9.17, 15) is 9.59 Å². The second-order valence-electron chi connectivity index (χ2n) is 12.2. The molecule has 1 aliphatic heterocycles. The second-order valence-corrected chi connectivity index (χ2v) is 12.2. The molecule has 3 aromatic rings. The molecule has 0 bridgehead atoms. The highest BCUT2D eigenvalue weighted by Crippen LogP contribution is 2.34. The number of aromatic nitrogens is 1. The molecule has 0 fully saturated rings. The van der Waals surface area contributed by atoms with E-state index in [-0.39, 0.29) is 5.97 Å². The van der Waals surface area contributed by atoms with Crippen molar-refractivity contribution in [1.29, 1.82) is 0 Å². The Balaban J connectivity index is 1.53. The highest BCUT2D eigenvalue weighted by atomic mass is 16.6. The van der Waals surface area contributed by atoms with Gasteiger partial charge in [0.1, 0.15) is 17.0 Å². The van der Waals surface area contributed by atoms with Crippen molar-refractivity contribution in [3.05, 3.63) is 65.4 Å². The van der Waals surface area contributed by atoms with Gasteiger partial charge in [-0.3, -0.25) is 9.69 Å². The van der Waals surface area contributed by atoms with Gasteiger partial charge in [-0.25, -0.2) is 9.36 Å². The average molecular weight is 535 g/mol. The van der Waals surface area contributed by atoms with Crippen LogP contribution in [0.3, 0.4) is 0 Å². The third-order valence-corrected chi connectivity index (χ3v) is 6.55. The van der Waals surface area contributed by atoms with E-state index in [1.807, 2.05) is 59.7 Å². The number of hydrogen-bond acceptors (Lipinski definition) is 6. The third-order valence-electron chi connectivity index (χ3n) is 6.55. The fourth-order valence-electron chi connectivity index (χ4n) is 4.94. The summed E-state index contributed by atoms with van der Waals surface area (Å²) in [5, 5.41) is 1.04. The van der Waals surface area contributed by atoms with Crippen LogP contribution in [0.25, 0.3) is 10.9 Å². The largest absolute Gasteiger partial charge is 0.494 e. The Morgan fingerprint density at radius 2 is 1.64 bits per heavy atom. The van der Waals surface area contributed by atoms with E-state index in [1.54, 1.807) is 4.57 Å². The molecule has 2 aromatic carbocycles. The predicted molar refractivity (Wildman–Crippen MR) is 153 cm³/mol. The van der Waals surface area contributed by atoms with E-state index in [1.165, 1.54) is 5.56 Å². The summed E-state index contributed by atoms with van der Waals surface area (Å²) in [6.45, 7) is 13.8. The van der Waals surface area contributed by atoms with Crippen molar-refractivity contribution in [2.45, 2.75) is 85.0 Å². The number of rotatable bonds is 8. The lowest BCUT2D eigenvalue weighted by Crippen LogP contribution is -2.36. The molecule has 0 amide bonds. The van der Waals surface area contributed by atoms with Gasteiger partial charge in [-0.15, -0.1) is 0 Å². The molecular weight excluding hydrogens is 492 g/mol. The summed E-state index contributed by atoms with van der Waals surface area (Å²) in [5.41, 5.74) is 3.02. The van der Waals surface area contributed by atoms with Crippen molar-refractivity contribution < 1.29 is 23.8 Å². The molecule has 0 spiro atoms. The maximum Gasteiger partial charge on any atom is 0.419 e. The first-order valence-corrected chi connectivity index (χ1v) is 13.9. The monoisotopic (exact) mass is 534 g/mol. The van der Waals surface area contributed by atoms with Gasteiger partial charge in [0.05, 0.1) is 18.5 Å². The molecule has 1 aromatic heterocycles. The number of aryl methyl sites for hydroxylation is 1. The summed E-state index contributed by atoms with van der Waals surface area (Å²) < 4.78 is 19.1. The van der Waals surface area contributed by atoms with E-state index in [4.69, 9.17) is 14.2 Å². The van der Waals surface area contributed by atoms with Gasteiger partial charge in [-0.1, -0.05) is 30.3 Å². The predicted octanol–water partition coefficient (Wildman–Crippen LogP) is 6.53. The fraction of sp³-hybridized carbons (Fsp3) is 0.500. The number of esters is 1. The lowest BCUT2D eigenvalue weighted by Gasteiger charge is -2.29. The van der Waals surface area contributed by atoms with E-state index in [0.29, 0.717) is 26.1 Å². The Labute approximate surface area is 232 Å². The van der Waals surface area contributed by atoms with Gasteiger partial charge in [0.25, 0.3) is 0 Å². The normalized spacial score (nSPS) is 14.2. The quantitative estimate of drug-likeness (QED) is 0.242. The molecule has 0 saturated carbocycles. The first kappa shape index (κ1) is 28.7. The van der Waals surface area contributed by atoms with Crippen molar-refractivity contribution in [2.75, 3.05) is 19.7 Å². The number of benzene rings is 2. The molecule has 2 heterocycles. The Morgan fingerprint density at radius 1 is 0.923 bits per heavy atom. The van der Waals surface area contributed by atoms with Gasteiger partial charge in [-0.05, 0) is 84.1 Å². The molecule has 7 heteroatoms. The van der Waals surface area contributed by atoms with Gasteiger partial charge in [0, 0.05) is 36.8 Å². The maximum absolute atomic E-state index is 13.5. The molecule has 0 saturated heterocycles. The first-order valence-electron chi connectivity index (χ1n) is 13.9. The molecule has 7 nitrogen and oxygen atoms in total. The van der Waals surface area contributed by atoms with Crippen LogP contribution in [0.2, 0.25) is 0 Å². The zero-order chi connectivity index (χ0) is 28.2. The van der Waals surface area contributed by atoms with Gasteiger partial charge in [-0.2, -0.15) is 0 Å². The number of carbonyl (C=O) groups is 2. The summed E-state index contributed by atoms with van der Waals surface area (Å²) in [4.78, 5) is 28.0. The lowest BCUT2D eigenvalue weighted by atomic mass is 10.0. The van der Waals surface area contributed by atoms with Crippen LogP contribution >= 0.6 is 0 Å².